The SMILES string of the molecule is CC(C)c1ccccc1Sc1ccc(COC(=O)N2CCN(CCNC(=O)OC(C)(C)C)CC2)c(Cl)c1Cl. The van der Waals surface area contributed by atoms with E-state index < -0.39 is 11.7 Å². The molecule has 0 aromatic heterocycles. The van der Waals surface area contributed by atoms with Gasteiger partial charge in [0.05, 0.1) is 10.0 Å². The Kier molecular flexibility index (Phi) is 11.0. The lowest BCUT2D eigenvalue weighted by atomic mass is 10.0. The molecular formula is C28H37Cl2N3O4S. The monoisotopic (exact) mass is 581 g/mol. The number of halogens is 2. The molecule has 3 rings (SSSR count). The molecule has 2 aromatic carbocycles. The number of carbonyl (C=O) groups is 2. The second-order valence-electron chi connectivity index (χ2n) is 10.5. The van der Waals surface area contributed by atoms with E-state index in [4.69, 9.17) is 32.7 Å². The molecule has 1 aliphatic rings. The largest absolute Gasteiger partial charge is 0.444 e. The average Bonchev–Trinajstić information content (AvgIpc) is 2.85. The Labute approximate surface area is 240 Å². The van der Waals surface area contributed by atoms with Gasteiger partial charge in [-0.15, -0.1) is 0 Å². The molecule has 1 saturated heterocycles. The minimum atomic E-state index is -0.522. The highest BCUT2D eigenvalue weighted by Crippen LogP contribution is 2.41. The molecule has 10 heteroatoms. The summed E-state index contributed by atoms with van der Waals surface area (Å²) in [6.45, 7) is 13.5. The third-order valence-corrected chi connectivity index (χ3v) is 8.15. The third-order valence-electron chi connectivity index (χ3n) is 5.97. The van der Waals surface area contributed by atoms with E-state index in [9.17, 15) is 9.59 Å². The fraction of sp³-hybridized carbons (Fsp3) is 0.500. The van der Waals surface area contributed by atoms with Crippen molar-refractivity contribution in [3.05, 3.63) is 57.6 Å². The van der Waals surface area contributed by atoms with Crippen LogP contribution >= 0.6 is 35.0 Å². The summed E-state index contributed by atoms with van der Waals surface area (Å²) in [5, 5.41) is 3.61. The van der Waals surface area contributed by atoms with Crippen LogP contribution in [0.4, 0.5) is 9.59 Å². The topological polar surface area (TPSA) is 71.1 Å². The molecule has 208 valence electrons. The van der Waals surface area contributed by atoms with E-state index in [0.717, 1.165) is 9.79 Å². The van der Waals surface area contributed by atoms with Gasteiger partial charge in [0.25, 0.3) is 0 Å². The van der Waals surface area contributed by atoms with Crippen LogP contribution in [0.1, 0.15) is 51.7 Å². The molecule has 1 N–H and O–H groups in total. The first kappa shape index (κ1) is 30.4. The number of benzene rings is 2. The fourth-order valence-corrected chi connectivity index (χ4v) is 5.65. The van der Waals surface area contributed by atoms with Crippen LogP contribution in [-0.2, 0) is 16.1 Å². The molecule has 0 radical (unpaired) electrons. The predicted octanol–water partition coefficient (Wildman–Crippen LogP) is 7.05. The highest BCUT2D eigenvalue weighted by molar-refractivity contribution is 7.99. The Morgan fingerprint density at radius 2 is 1.68 bits per heavy atom. The Morgan fingerprint density at radius 1 is 1.00 bits per heavy atom. The molecule has 0 saturated carbocycles. The van der Waals surface area contributed by atoms with Crippen molar-refractivity contribution in [2.75, 3.05) is 39.3 Å². The molecule has 0 atom stereocenters. The Bertz CT molecular complexity index is 1120. The first-order valence-corrected chi connectivity index (χ1v) is 14.4. The average molecular weight is 583 g/mol. The van der Waals surface area contributed by atoms with Crippen molar-refractivity contribution in [3.8, 4) is 0 Å². The molecule has 0 bridgehead atoms. The van der Waals surface area contributed by atoms with Crippen LogP contribution in [0.25, 0.3) is 0 Å². The number of hydrogen-bond acceptors (Lipinski definition) is 6. The molecule has 1 fully saturated rings. The van der Waals surface area contributed by atoms with Gasteiger partial charge in [-0.3, -0.25) is 4.90 Å². The van der Waals surface area contributed by atoms with Gasteiger partial charge in [-0.25, -0.2) is 9.59 Å². The summed E-state index contributed by atoms with van der Waals surface area (Å²) < 4.78 is 10.8. The van der Waals surface area contributed by atoms with Crippen molar-refractivity contribution < 1.29 is 19.1 Å². The standard InChI is InChI=1S/C28H37Cl2N3O4S/c1-19(2)21-8-6-7-9-22(21)38-23-11-10-20(24(29)25(23)30)18-36-27(35)33-16-14-32(15-17-33)13-12-31-26(34)37-28(3,4)5/h6-11,19H,12-18H2,1-5H3,(H,31,34). The van der Waals surface area contributed by atoms with Crippen molar-refractivity contribution in [1.82, 2.24) is 15.1 Å². The molecular weight excluding hydrogens is 545 g/mol. The molecule has 38 heavy (non-hydrogen) atoms. The summed E-state index contributed by atoms with van der Waals surface area (Å²) in [5.41, 5.74) is 1.40. The van der Waals surface area contributed by atoms with Crippen molar-refractivity contribution in [1.29, 1.82) is 0 Å². The van der Waals surface area contributed by atoms with Crippen LogP contribution in [0.3, 0.4) is 0 Å². The summed E-state index contributed by atoms with van der Waals surface area (Å²) in [7, 11) is 0. The quantitative estimate of drug-likeness (QED) is 0.360. The molecule has 0 aliphatic carbocycles. The number of piperazine rings is 1. The normalized spacial score (nSPS) is 14.5. The zero-order chi connectivity index (χ0) is 27.9. The summed E-state index contributed by atoms with van der Waals surface area (Å²) in [6, 6.07) is 12.0. The number of rotatable bonds is 8. The summed E-state index contributed by atoms with van der Waals surface area (Å²) in [4.78, 5) is 30.3. The first-order chi connectivity index (χ1) is 17.9. The van der Waals surface area contributed by atoms with Crippen LogP contribution in [-0.4, -0.2) is 66.9 Å². The zero-order valence-corrected chi connectivity index (χ0v) is 25.0. The van der Waals surface area contributed by atoms with E-state index >= 15 is 0 Å². The Balaban J connectivity index is 1.46. The van der Waals surface area contributed by atoms with Crippen LogP contribution in [0.15, 0.2) is 46.2 Å². The minimum Gasteiger partial charge on any atom is -0.444 e. The van der Waals surface area contributed by atoms with Crippen molar-refractivity contribution in [2.24, 2.45) is 0 Å². The predicted molar refractivity (Wildman–Crippen MR) is 154 cm³/mol. The highest BCUT2D eigenvalue weighted by atomic mass is 35.5. The van der Waals surface area contributed by atoms with Gasteiger partial charge in [0, 0.05) is 54.6 Å². The lowest BCUT2D eigenvalue weighted by Crippen LogP contribution is -2.50. The maximum atomic E-state index is 12.7. The second-order valence-corrected chi connectivity index (χ2v) is 12.3. The number of carbonyl (C=O) groups excluding carboxylic acids is 2. The van der Waals surface area contributed by atoms with E-state index in [1.54, 1.807) is 16.7 Å². The number of ether oxygens (including phenoxy) is 2. The van der Waals surface area contributed by atoms with E-state index in [2.05, 4.69) is 36.2 Å². The minimum absolute atomic E-state index is 0.0466. The zero-order valence-electron chi connectivity index (χ0n) is 22.7. The molecule has 0 spiro atoms. The lowest BCUT2D eigenvalue weighted by Gasteiger charge is -2.34. The smallest absolute Gasteiger partial charge is 0.410 e. The van der Waals surface area contributed by atoms with Crippen LogP contribution in [0.5, 0.6) is 0 Å². The van der Waals surface area contributed by atoms with Crippen LogP contribution < -0.4 is 5.32 Å². The van der Waals surface area contributed by atoms with Crippen molar-refractivity contribution in [2.45, 2.75) is 62.5 Å². The number of alkyl carbamates (subject to hydrolysis) is 1. The second kappa shape index (κ2) is 13.8. The Morgan fingerprint density at radius 3 is 2.34 bits per heavy atom. The summed E-state index contributed by atoms with van der Waals surface area (Å²) in [6.07, 6.45) is -0.807. The van der Waals surface area contributed by atoms with Gasteiger partial charge in [0.2, 0.25) is 0 Å². The van der Waals surface area contributed by atoms with Gasteiger partial charge >= 0.3 is 12.2 Å². The maximum absolute atomic E-state index is 12.7. The summed E-state index contributed by atoms with van der Waals surface area (Å²) in [5.74, 6) is 0.391. The van der Waals surface area contributed by atoms with E-state index in [-0.39, 0.29) is 12.7 Å². The molecule has 0 unspecified atom stereocenters. The number of amides is 2. The van der Waals surface area contributed by atoms with Gasteiger partial charge in [-0.05, 0) is 44.4 Å². The lowest BCUT2D eigenvalue weighted by molar-refractivity contribution is 0.0512. The van der Waals surface area contributed by atoms with Gasteiger partial charge in [-0.1, -0.05) is 73.1 Å². The number of nitrogens with zero attached hydrogens (tertiary/aromatic N) is 2. The molecule has 2 amide bonds. The molecule has 2 aromatic rings. The molecule has 7 nitrogen and oxygen atoms in total. The summed E-state index contributed by atoms with van der Waals surface area (Å²) >= 11 is 14.8. The maximum Gasteiger partial charge on any atom is 0.410 e. The first-order valence-electron chi connectivity index (χ1n) is 12.8. The Hall–Kier alpha value is -2.13. The fourth-order valence-electron chi connectivity index (χ4n) is 3.95. The highest BCUT2D eigenvalue weighted by Gasteiger charge is 2.23. The van der Waals surface area contributed by atoms with Crippen LogP contribution in [0.2, 0.25) is 10.0 Å². The molecule has 1 heterocycles. The van der Waals surface area contributed by atoms with E-state index in [0.29, 0.717) is 60.8 Å². The van der Waals surface area contributed by atoms with Gasteiger partial charge in [-0.2, -0.15) is 0 Å². The van der Waals surface area contributed by atoms with Gasteiger partial charge < -0.3 is 19.7 Å². The van der Waals surface area contributed by atoms with E-state index in [1.165, 1.54) is 5.56 Å². The number of hydrogen-bond donors (Lipinski definition) is 1. The van der Waals surface area contributed by atoms with Gasteiger partial charge in [0.1, 0.15) is 12.2 Å². The van der Waals surface area contributed by atoms with Crippen molar-refractivity contribution in [3.63, 3.8) is 0 Å². The molecule has 1 aliphatic heterocycles. The number of nitrogens with one attached hydrogen (secondary N) is 1. The van der Waals surface area contributed by atoms with Crippen LogP contribution in [0, 0.1) is 0 Å². The third kappa shape index (κ3) is 8.97. The van der Waals surface area contributed by atoms with Crippen molar-refractivity contribution >= 4 is 47.2 Å². The van der Waals surface area contributed by atoms with E-state index in [1.807, 2.05) is 45.0 Å². The van der Waals surface area contributed by atoms with Gasteiger partial charge in [0.15, 0.2) is 0 Å².